The molecule has 12 heavy (non-hydrogen) atoms. The molecule has 0 bridgehead atoms. The van der Waals surface area contributed by atoms with Gasteiger partial charge in [0.25, 0.3) is 5.89 Å². The zero-order valence-electron chi connectivity index (χ0n) is 6.83. The van der Waals surface area contributed by atoms with Crippen molar-refractivity contribution < 1.29 is 9.21 Å². The highest BCUT2D eigenvalue weighted by atomic mass is 16.4. The predicted molar refractivity (Wildman–Crippen MR) is 42.6 cm³/mol. The first-order chi connectivity index (χ1) is 5.74. The molecule has 0 aliphatic rings. The van der Waals surface area contributed by atoms with E-state index in [4.69, 9.17) is 10.2 Å². The van der Waals surface area contributed by atoms with E-state index in [2.05, 4.69) is 10.3 Å². The van der Waals surface area contributed by atoms with E-state index >= 15 is 0 Å². The highest BCUT2D eigenvalue weighted by molar-refractivity contribution is 5.89. The van der Waals surface area contributed by atoms with Gasteiger partial charge in [-0.3, -0.25) is 4.79 Å². The summed E-state index contributed by atoms with van der Waals surface area (Å²) in [7, 11) is 0. The summed E-state index contributed by atoms with van der Waals surface area (Å²) >= 11 is 0. The third kappa shape index (κ3) is 2.06. The molecule has 0 aliphatic carbocycles. The van der Waals surface area contributed by atoms with Crippen LogP contribution in [0.1, 0.15) is 16.4 Å². The molecular weight excluding hydrogens is 158 g/mol. The molecule has 0 fully saturated rings. The van der Waals surface area contributed by atoms with Gasteiger partial charge in [-0.2, -0.15) is 0 Å². The van der Waals surface area contributed by atoms with E-state index in [1.807, 2.05) is 0 Å². The third-order valence-electron chi connectivity index (χ3n) is 1.25. The van der Waals surface area contributed by atoms with Crippen molar-refractivity contribution in [2.45, 2.75) is 6.92 Å². The molecule has 0 saturated heterocycles. The monoisotopic (exact) mass is 169 g/mol. The molecule has 0 saturated carbocycles. The Morgan fingerprint density at radius 2 is 2.58 bits per heavy atom. The number of carbonyl (C=O) groups excluding carboxylic acids is 1. The summed E-state index contributed by atoms with van der Waals surface area (Å²) in [6, 6.07) is 0. The minimum atomic E-state index is -0.325. The number of rotatable bonds is 3. The van der Waals surface area contributed by atoms with Gasteiger partial charge >= 0.3 is 5.91 Å². The number of hydrogen-bond acceptors (Lipinski definition) is 4. The first-order valence-corrected chi connectivity index (χ1v) is 3.64. The zero-order chi connectivity index (χ0) is 8.97. The maximum absolute atomic E-state index is 11.1. The summed E-state index contributed by atoms with van der Waals surface area (Å²) in [5, 5.41) is 2.54. The van der Waals surface area contributed by atoms with Gasteiger partial charge in [0.05, 0.1) is 6.20 Å². The summed E-state index contributed by atoms with van der Waals surface area (Å²) in [5.74, 6) is 0.377. The lowest BCUT2D eigenvalue weighted by atomic mass is 10.5. The Balaban J connectivity index is 2.53. The van der Waals surface area contributed by atoms with Crippen molar-refractivity contribution >= 4 is 5.91 Å². The van der Waals surface area contributed by atoms with Crippen LogP contribution in [0.4, 0.5) is 0 Å². The Kier molecular flexibility index (Phi) is 2.82. The average molecular weight is 169 g/mol. The molecule has 1 rings (SSSR count). The van der Waals surface area contributed by atoms with Crippen LogP contribution in [0.2, 0.25) is 0 Å². The van der Waals surface area contributed by atoms with Crippen LogP contribution >= 0.6 is 0 Å². The van der Waals surface area contributed by atoms with Crippen molar-refractivity contribution in [1.29, 1.82) is 0 Å². The minimum Gasteiger partial charge on any atom is -0.438 e. The van der Waals surface area contributed by atoms with Crippen LogP contribution in [0.15, 0.2) is 10.6 Å². The van der Waals surface area contributed by atoms with E-state index in [-0.39, 0.29) is 11.8 Å². The average Bonchev–Trinajstić information content (AvgIpc) is 2.47. The number of aryl methyl sites for hydroxylation is 1. The van der Waals surface area contributed by atoms with Gasteiger partial charge in [-0.25, -0.2) is 4.98 Å². The summed E-state index contributed by atoms with van der Waals surface area (Å²) in [5.41, 5.74) is 5.19. The van der Waals surface area contributed by atoms with E-state index in [9.17, 15) is 4.79 Å². The van der Waals surface area contributed by atoms with Crippen molar-refractivity contribution in [1.82, 2.24) is 10.3 Å². The van der Waals surface area contributed by atoms with Crippen molar-refractivity contribution in [3.05, 3.63) is 17.8 Å². The first kappa shape index (κ1) is 8.73. The molecule has 1 aromatic rings. The van der Waals surface area contributed by atoms with E-state index in [0.29, 0.717) is 18.8 Å². The van der Waals surface area contributed by atoms with Crippen LogP contribution in [0.25, 0.3) is 0 Å². The largest absolute Gasteiger partial charge is 0.438 e. The van der Waals surface area contributed by atoms with Crippen LogP contribution < -0.4 is 11.1 Å². The standard InChI is InChI=1S/C7H11N3O2/c1-5-4-10-7(12-5)6(11)9-3-2-8/h4H,2-3,8H2,1H3,(H,9,11). The number of amides is 1. The Bertz CT molecular complexity index is 269. The number of aromatic nitrogens is 1. The maximum atomic E-state index is 11.1. The van der Waals surface area contributed by atoms with Gasteiger partial charge in [0.15, 0.2) is 0 Å². The van der Waals surface area contributed by atoms with Crippen LogP contribution in [-0.4, -0.2) is 24.0 Å². The van der Waals surface area contributed by atoms with Crippen LogP contribution in [-0.2, 0) is 0 Å². The molecule has 5 heteroatoms. The lowest BCUT2D eigenvalue weighted by molar-refractivity contribution is 0.0919. The van der Waals surface area contributed by atoms with Gasteiger partial charge in [0, 0.05) is 13.1 Å². The van der Waals surface area contributed by atoms with Gasteiger partial charge in [0.1, 0.15) is 5.76 Å². The summed E-state index contributed by atoms with van der Waals surface area (Å²) in [4.78, 5) is 14.8. The molecule has 0 radical (unpaired) electrons. The van der Waals surface area contributed by atoms with Crippen molar-refractivity contribution in [2.24, 2.45) is 5.73 Å². The highest BCUT2D eigenvalue weighted by Crippen LogP contribution is 2.00. The molecule has 0 aliphatic heterocycles. The second-order valence-electron chi connectivity index (χ2n) is 2.32. The summed E-state index contributed by atoms with van der Waals surface area (Å²) in [6.07, 6.45) is 1.50. The Labute approximate surface area is 70.0 Å². The molecule has 3 N–H and O–H groups in total. The third-order valence-corrected chi connectivity index (χ3v) is 1.25. The molecule has 0 aromatic carbocycles. The number of carbonyl (C=O) groups is 1. The van der Waals surface area contributed by atoms with Gasteiger partial charge in [-0.15, -0.1) is 0 Å². The molecular formula is C7H11N3O2. The van der Waals surface area contributed by atoms with E-state index < -0.39 is 0 Å². The quantitative estimate of drug-likeness (QED) is 0.649. The molecule has 0 unspecified atom stereocenters. The number of oxazole rings is 1. The molecule has 1 aromatic heterocycles. The second kappa shape index (κ2) is 3.87. The van der Waals surface area contributed by atoms with Gasteiger partial charge in [-0.1, -0.05) is 0 Å². The van der Waals surface area contributed by atoms with Gasteiger partial charge in [0.2, 0.25) is 0 Å². The van der Waals surface area contributed by atoms with E-state index in [1.54, 1.807) is 6.92 Å². The lowest BCUT2D eigenvalue weighted by Crippen LogP contribution is -2.29. The van der Waals surface area contributed by atoms with Crippen LogP contribution in [0.3, 0.4) is 0 Å². The Morgan fingerprint density at radius 3 is 3.08 bits per heavy atom. The summed E-state index contributed by atoms with van der Waals surface area (Å²) in [6.45, 7) is 2.57. The number of nitrogens with zero attached hydrogens (tertiary/aromatic N) is 1. The molecule has 1 amide bonds. The fraction of sp³-hybridized carbons (Fsp3) is 0.429. The molecule has 66 valence electrons. The molecule has 0 spiro atoms. The Morgan fingerprint density at radius 1 is 1.83 bits per heavy atom. The fourth-order valence-corrected chi connectivity index (χ4v) is 0.721. The van der Waals surface area contributed by atoms with Gasteiger partial charge in [-0.05, 0) is 6.92 Å². The predicted octanol–water partition coefficient (Wildman–Crippen LogP) is -0.328. The number of nitrogens with one attached hydrogen (secondary N) is 1. The Hall–Kier alpha value is -1.36. The lowest BCUT2D eigenvalue weighted by Gasteiger charge is -1.97. The van der Waals surface area contributed by atoms with Crippen molar-refractivity contribution in [3.8, 4) is 0 Å². The maximum Gasteiger partial charge on any atom is 0.307 e. The fourth-order valence-electron chi connectivity index (χ4n) is 0.721. The van der Waals surface area contributed by atoms with Crippen LogP contribution in [0, 0.1) is 6.92 Å². The smallest absolute Gasteiger partial charge is 0.307 e. The van der Waals surface area contributed by atoms with Crippen molar-refractivity contribution in [3.63, 3.8) is 0 Å². The normalized spacial score (nSPS) is 9.83. The van der Waals surface area contributed by atoms with Crippen LogP contribution in [0.5, 0.6) is 0 Å². The highest BCUT2D eigenvalue weighted by Gasteiger charge is 2.09. The summed E-state index contributed by atoms with van der Waals surface area (Å²) < 4.78 is 4.98. The SMILES string of the molecule is Cc1cnc(C(=O)NCCN)o1. The first-order valence-electron chi connectivity index (χ1n) is 3.64. The zero-order valence-corrected chi connectivity index (χ0v) is 6.83. The topological polar surface area (TPSA) is 81.2 Å². The van der Waals surface area contributed by atoms with Crippen molar-refractivity contribution in [2.75, 3.05) is 13.1 Å². The molecule has 5 nitrogen and oxygen atoms in total. The molecule has 1 heterocycles. The minimum absolute atomic E-state index is 0.0842. The number of nitrogens with two attached hydrogens (primary N) is 1. The van der Waals surface area contributed by atoms with E-state index in [1.165, 1.54) is 6.20 Å². The second-order valence-corrected chi connectivity index (χ2v) is 2.32. The number of hydrogen-bond donors (Lipinski definition) is 2. The van der Waals surface area contributed by atoms with Gasteiger partial charge < -0.3 is 15.5 Å². The molecule has 0 atom stereocenters. The van der Waals surface area contributed by atoms with E-state index in [0.717, 1.165) is 0 Å².